The van der Waals surface area contributed by atoms with Crippen molar-refractivity contribution in [3.8, 4) is 0 Å². The molecule has 0 bridgehead atoms. The van der Waals surface area contributed by atoms with E-state index in [1.165, 1.54) is 4.57 Å². The second-order valence-corrected chi connectivity index (χ2v) is 6.49. The van der Waals surface area contributed by atoms with Crippen LogP contribution in [0.3, 0.4) is 0 Å². The number of para-hydroxylation sites is 1. The maximum absolute atomic E-state index is 12.1. The lowest BCUT2D eigenvalue weighted by molar-refractivity contribution is -0.121. The summed E-state index contributed by atoms with van der Waals surface area (Å²) in [5, 5.41) is 13.7. The number of hydrogen-bond donors (Lipinski definition) is 3. The van der Waals surface area contributed by atoms with E-state index in [-0.39, 0.29) is 25.4 Å². The third-order valence-electron chi connectivity index (χ3n) is 4.21. The minimum Gasteiger partial charge on any atom is -0.387 e. The Kier molecular flexibility index (Phi) is 5.73. The summed E-state index contributed by atoms with van der Waals surface area (Å²) in [6, 6.07) is 13.4. The first-order valence-corrected chi connectivity index (χ1v) is 8.75. The monoisotopic (exact) mass is 387 g/mol. The van der Waals surface area contributed by atoms with E-state index in [0.717, 1.165) is 0 Å². The van der Waals surface area contributed by atoms with E-state index >= 15 is 0 Å². The molecular weight excluding hydrogens is 370 g/mol. The molecule has 2 aromatic carbocycles. The molecule has 1 aromatic heterocycles. The van der Waals surface area contributed by atoms with Crippen LogP contribution in [0, 0.1) is 0 Å². The van der Waals surface area contributed by atoms with Crippen LogP contribution < -0.4 is 16.6 Å². The van der Waals surface area contributed by atoms with Gasteiger partial charge in [0.2, 0.25) is 5.91 Å². The largest absolute Gasteiger partial charge is 0.387 e. The Morgan fingerprint density at radius 2 is 1.85 bits per heavy atom. The van der Waals surface area contributed by atoms with Gasteiger partial charge in [0.15, 0.2) is 0 Å². The number of aliphatic hydroxyl groups excluding tert-OH is 1. The zero-order chi connectivity index (χ0) is 19.4. The molecule has 0 saturated heterocycles. The molecule has 3 N–H and O–H groups in total. The number of nitrogens with zero attached hydrogens (tertiary/aromatic N) is 1. The number of carbonyl (C=O) groups is 1. The van der Waals surface area contributed by atoms with E-state index in [9.17, 15) is 19.5 Å². The average Bonchev–Trinajstić information content (AvgIpc) is 2.66. The minimum atomic E-state index is -0.858. The molecule has 1 atom stereocenters. The normalized spacial score (nSPS) is 12.1. The second kappa shape index (κ2) is 8.20. The predicted octanol–water partition coefficient (Wildman–Crippen LogP) is 1.58. The van der Waals surface area contributed by atoms with Crippen LogP contribution in [-0.4, -0.2) is 27.1 Å². The first-order valence-electron chi connectivity index (χ1n) is 8.38. The Morgan fingerprint density at radius 3 is 2.59 bits per heavy atom. The lowest BCUT2D eigenvalue weighted by atomic mass is 10.1. The van der Waals surface area contributed by atoms with E-state index in [1.807, 2.05) is 0 Å². The van der Waals surface area contributed by atoms with Gasteiger partial charge in [-0.1, -0.05) is 35.9 Å². The van der Waals surface area contributed by atoms with Crippen LogP contribution in [0.2, 0.25) is 5.02 Å². The van der Waals surface area contributed by atoms with Crippen LogP contribution in [0.25, 0.3) is 10.9 Å². The second-order valence-electron chi connectivity index (χ2n) is 6.05. The van der Waals surface area contributed by atoms with E-state index < -0.39 is 17.4 Å². The van der Waals surface area contributed by atoms with Crippen molar-refractivity contribution in [2.45, 2.75) is 19.1 Å². The molecule has 0 saturated carbocycles. The van der Waals surface area contributed by atoms with Crippen molar-refractivity contribution >= 4 is 28.4 Å². The van der Waals surface area contributed by atoms with Gasteiger partial charge in [-0.2, -0.15) is 0 Å². The van der Waals surface area contributed by atoms with Gasteiger partial charge in [0.25, 0.3) is 5.56 Å². The fraction of sp³-hybridized carbons (Fsp3) is 0.211. The van der Waals surface area contributed by atoms with Crippen LogP contribution in [0.1, 0.15) is 18.1 Å². The molecule has 0 fully saturated rings. The van der Waals surface area contributed by atoms with Gasteiger partial charge in [0.1, 0.15) is 0 Å². The molecule has 7 nitrogen and oxygen atoms in total. The van der Waals surface area contributed by atoms with Crippen molar-refractivity contribution in [2.24, 2.45) is 0 Å². The Balaban J connectivity index is 1.63. The number of aromatic nitrogens is 2. The van der Waals surface area contributed by atoms with Crippen LogP contribution >= 0.6 is 11.6 Å². The van der Waals surface area contributed by atoms with Gasteiger partial charge in [0.05, 0.1) is 17.0 Å². The summed E-state index contributed by atoms with van der Waals surface area (Å²) in [6.07, 6.45) is -0.827. The molecule has 3 rings (SSSR count). The SMILES string of the molecule is O=C(CCn1c(=O)[nH]c(=O)c2ccccc21)NCC(O)c1ccc(Cl)cc1. The van der Waals surface area contributed by atoms with Crippen molar-refractivity contribution in [3.05, 3.63) is 80.0 Å². The first kappa shape index (κ1) is 18.9. The van der Waals surface area contributed by atoms with Crippen LogP contribution in [0.5, 0.6) is 0 Å². The van der Waals surface area contributed by atoms with Gasteiger partial charge in [-0.15, -0.1) is 0 Å². The number of aromatic amines is 1. The molecule has 1 unspecified atom stereocenters. The number of amides is 1. The van der Waals surface area contributed by atoms with Crippen molar-refractivity contribution in [3.63, 3.8) is 0 Å². The zero-order valence-electron chi connectivity index (χ0n) is 14.3. The Hall–Kier alpha value is -2.90. The Labute approximate surface area is 159 Å². The molecule has 0 aliphatic heterocycles. The number of H-pyrrole nitrogens is 1. The lowest BCUT2D eigenvalue weighted by Crippen LogP contribution is -2.33. The molecule has 140 valence electrons. The van der Waals surface area contributed by atoms with Gasteiger partial charge >= 0.3 is 5.69 Å². The third kappa shape index (κ3) is 4.45. The number of nitrogens with one attached hydrogen (secondary N) is 2. The molecule has 0 aliphatic rings. The van der Waals surface area contributed by atoms with Gasteiger partial charge < -0.3 is 10.4 Å². The Morgan fingerprint density at radius 1 is 1.15 bits per heavy atom. The number of fused-ring (bicyclic) bond motifs is 1. The maximum atomic E-state index is 12.1. The summed E-state index contributed by atoms with van der Waals surface area (Å²) in [5.74, 6) is -0.315. The van der Waals surface area contributed by atoms with Crippen LogP contribution in [0.4, 0.5) is 0 Å². The minimum absolute atomic E-state index is 0.0310. The van der Waals surface area contributed by atoms with E-state index in [0.29, 0.717) is 21.5 Å². The summed E-state index contributed by atoms with van der Waals surface area (Å²) in [4.78, 5) is 38.3. The number of rotatable bonds is 6. The maximum Gasteiger partial charge on any atom is 0.328 e. The number of benzene rings is 2. The van der Waals surface area contributed by atoms with E-state index in [4.69, 9.17) is 11.6 Å². The molecular formula is C19H18ClN3O4. The smallest absolute Gasteiger partial charge is 0.328 e. The first-order chi connectivity index (χ1) is 13.0. The van der Waals surface area contributed by atoms with Gasteiger partial charge in [-0.25, -0.2) is 4.79 Å². The van der Waals surface area contributed by atoms with Crippen molar-refractivity contribution in [1.82, 2.24) is 14.9 Å². The number of aliphatic hydroxyl groups is 1. The highest BCUT2D eigenvalue weighted by atomic mass is 35.5. The number of halogens is 1. The molecule has 1 heterocycles. The average molecular weight is 388 g/mol. The van der Waals surface area contributed by atoms with Crippen LogP contribution in [0.15, 0.2) is 58.1 Å². The fourth-order valence-electron chi connectivity index (χ4n) is 2.78. The summed E-state index contributed by atoms with van der Waals surface area (Å²) >= 11 is 5.81. The molecule has 0 aliphatic carbocycles. The predicted molar refractivity (Wildman–Crippen MR) is 103 cm³/mol. The highest BCUT2D eigenvalue weighted by Gasteiger charge is 2.11. The number of hydrogen-bond acceptors (Lipinski definition) is 4. The molecule has 27 heavy (non-hydrogen) atoms. The summed E-state index contributed by atoms with van der Waals surface area (Å²) < 4.78 is 1.35. The van der Waals surface area contributed by atoms with Crippen molar-refractivity contribution in [2.75, 3.05) is 6.54 Å². The number of aryl methyl sites for hydroxylation is 1. The fourth-order valence-corrected chi connectivity index (χ4v) is 2.91. The summed E-state index contributed by atoms with van der Waals surface area (Å²) in [5.41, 5.74) is 0.0953. The van der Waals surface area contributed by atoms with Crippen LogP contribution in [-0.2, 0) is 11.3 Å². The molecule has 1 amide bonds. The van der Waals surface area contributed by atoms with Gasteiger partial charge in [0, 0.05) is 24.5 Å². The zero-order valence-corrected chi connectivity index (χ0v) is 15.1. The highest BCUT2D eigenvalue weighted by Crippen LogP contribution is 2.15. The third-order valence-corrected chi connectivity index (χ3v) is 4.47. The topological polar surface area (TPSA) is 104 Å². The standard InChI is InChI=1S/C19H18ClN3O4/c20-13-7-5-12(6-8-13)16(24)11-21-17(25)9-10-23-15-4-2-1-3-14(15)18(26)22-19(23)27/h1-8,16,24H,9-11H2,(H,21,25)(H,22,26,27). The van der Waals surface area contributed by atoms with E-state index in [2.05, 4.69) is 10.3 Å². The molecule has 8 heteroatoms. The molecule has 0 radical (unpaired) electrons. The molecule has 0 spiro atoms. The van der Waals surface area contributed by atoms with Crippen molar-refractivity contribution in [1.29, 1.82) is 0 Å². The summed E-state index contributed by atoms with van der Waals surface area (Å²) in [7, 11) is 0. The lowest BCUT2D eigenvalue weighted by Gasteiger charge is -2.13. The highest BCUT2D eigenvalue weighted by molar-refractivity contribution is 6.30. The number of carbonyl (C=O) groups excluding carboxylic acids is 1. The van der Waals surface area contributed by atoms with E-state index in [1.54, 1.807) is 48.5 Å². The molecule has 3 aromatic rings. The van der Waals surface area contributed by atoms with Gasteiger partial charge in [-0.05, 0) is 29.8 Å². The Bertz CT molecular complexity index is 1070. The quantitative estimate of drug-likeness (QED) is 0.597. The summed E-state index contributed by atoms with van der Waals surface area (Å²) in [6.45, 7) is 0.154. The van der Waals surface area contributed by atoms with Crippen molar-refractivity contribution < 1.29 is 9.90 Å². The van der Waals surface area contributed by atoms with Gasteiger partial charge in [-0.3, -0.25) is 19.1 Å².